The van der Waals surface area contributed by atoms with Crippen LogP contribution in [0.4, 0.5) is 10.1 Å². The number of hydrogen-bond acceptors (Lipinski definition) is 2. The fourth-order valence-electron chi connectivity index (χ4n) is 1.93. The fraction of sp³-hybridized carbons (Fsp3) is 0.188. The van der Waals surface area contributed by atoms with E-state index < -0.39 is 0 Å². The van der Waals surface area contributed by atoms with Crippen LogP contribution in [0.2, 0.25) is 0 Å². The molecule has 0 amide bonds. The number of aryl methyl sites for hydroxylation is 2. The number of rotatable bonds is 3. The van der Waals surface area contributed by atoms with Crippen LogP contribution in [0.3, 0.4) is 0 Å². The Morgan fingerprint density at radius 3 is 2.63 bits per heavy atom. The van der Waals surface area contributed by atoms with Gasteiger partial charge in [-0.2, -0.15) is 5.26 Å². The maximum Gasteiger partial charge on any atom is 0.146 e. The molecular formula is C16H15FN2. The number of nitriles is 1. The largest absolute Gasteiger partial charge is 0.379 e. The smallest absolute Gasteiger partial charge is 0.146 e. The summed E-state index contributed by atoms with van der Waals surface area (Å²) in [6.45, 7) is 4.42. The summed E-state index contributed by atoms with van der Waals surface area (Å²) in [7, 11) is 0. The van der Waals surface area contributed by atoms with E-state index in [2.05, 4.69) is 11.4 Å². The molecule has 2 aromatic rings. The standard InChI is InChI=1S/C16H15FN2/c1-11-3-6-15(17)16(7-11)19-10-14-5-4-13(9-18)8-12(14)2/h3-8,19H,10H2,1-2H3. The molecule has 3 heteroatoms. The minimum absolute atomic E-state index is 0.253. The minimum Gasteiger partial charge on any atom is -0.379 e. The van der Waals surface area contributed by atoms with Crippen LogP contribution >= 0.6 is 0 Å². The Morgan fingerprint density at radius 2 is 1.95 bits per heavy atom. The highest BCUT2D eigenvalue weighted by atomic mass is 19.1. The van der Waals surface area contributed by atoms with Gasteiger partial charge in [-0.25, -0.2) is 4.39 Å². The molecule has 0 unspecified atom stereocenters. The van der Waals surface area contributed by atoms with Gasteiger partial charge in [0.15, 0.2) is 0 Å². The van der Waals surface area contributed by atoms with E-state index in [0.29, 0.717) is 17.8 Å². The number of nitrogens with one attached hydrogen (secondary N) is 1. The van der Waals surface area contributed by atoms with E-state index in [9.17, 15) is 4.39 Å². The quantitative estimate of drug-likeness (QED) is 0.900. The minimum atomic E-state index is -0.253. The summed E-state index contributed by atoms with van der Waals surface area (Å²) in [5.74, 6) is -0.253. The Labute approximate surface area is 112 Å². The molecule has 0 aromatic heterocycles. The summed E-state index contributed by atoms with van der Waals surface area (Å²) in [6, 6.07) is 12.6. The van der Waals surface area contributed by atoms with Crippen molar-refractivity contribution in [3.63, 3.8) is 0 Å². The summed E-state index contributed by atoms with van der Waals surface area (Å²) in [5, 5.41) is 11.9. The zero-order chi connectivity index (χ0) is 13.8. The van der Waals surface area contributed by atoms with Crippen LogP contribution in [-0.2, 0) is 6.54 Å². The molecule has 2 rings (SSSR count). The maximum atomic E-state index is 13.6. The lowest BCUT2D eigenvalue weighted by atomic mass is 10.1. The van der Waals surface area contributed by atoms with Gasteiger partial charge in [-0.15, -0.1) is 0 Å². The lowest BCUT2D eigenvalue weighted by molar-refractivity contribution is 0.629. The highest BCUT2D eigenvalue weighted by Gasteiger charge is 2.04. The van der Waals surface area contributed by atoms with Crippen molar-refractivity contribution in [3.05, 3.63) is 64.5 Å². The van der Waals surface area contributed by atoms with E-state index in [-0.39, 0.29) is 5.82 Å². The third-order valence-corrected chi connectivity index (χ3v) is 3.06. The molecule has 0 aliphatic rings. The third kappa shape index (κ3) is 3.11. The molecule has 19 heavy (non-hydrogen) atoms. The number of nitrogens with zero attached hydrogens (tertiary/aromatic N) is 1. The van der Waals surface area contributed by atoms with Crippen LogP contribution in [0, 0.1) is 31.0 Å². The number of halogens is 1. The molecular weight excluding hydrogens is 239 g/mol. The van der Waals surface area contributed by atoms with Gasteiger partial charge in [0.1, 0.15) is 5.82 Å². The first-order valence-electron chi connectivity index (χ1n) is 6.10. The van der Waals surface area contributed by atoms with Gasteiger partial charge in [-0.05, 0) is 54.8 Å². The molecule has 2 nitrogen and oxygen atoms in total. The molecule has 2 aromatic carbocycles. The summed E-state index contributed by atoms with van der Waals surface area (Å²) < 4.78 is 13.6. The molecule has 0 saturated carbocycles. The second-order valence-electron chi connectivity index (χ2n) is 4.59. The van der Waals surface area contributed by atoms with Crippen molar-refractivity contribution in [2.45, 2.75) is 20.4 Å². The molecule has 0 radical (unpaired) electrons. The first-order chi connectivity index (χ1) is 9.10. The molecule has 0 aliphatic heterocycles. The van der Waals surface area contributed by atoms with Gasteiger partial charge in [0.2, 0.25) is 0 Å². The molecule has 0 heterocycles. The predicted molar refractivity (Wildman–Crippen MR) is 74.4 cm³/mol. The average Bonchev–Trinajstić information content (AvgIpc) is 2.40. The van der Waals surface area contributed by atoms with Crippen molar-refractivity contribution >= 4 is 5.69 Å². The van der Waals surface area contributed by atoms with Crippen LogP contribution in [0.1, 0.15) is 22.3 Å². The third-order valence-electron chi connectivity index (χ3n) is 3.06. The van der Waals surface area contributed by atoms with Crippen LogP contribution in [0.15, 0.2) is 36.4 Å². The van der Waals surface area contributed by atoms with Gasteiger partial charge in [-0.3, -0.25) is 0 Å². The molecule has 0 aliphatic carbocycles. The van der Waals surface area contributed by atoms with Crippen LogP contribution in [0.5, 0.6) is 0 Å². The summed E-state index contributed by atoms with van der Waals surface area (Å²) in [5.41, 5.74) is 4.24. The fourth-order valence-corrected chi connectivity index (χ4v) is 1.93. The van der Waals surface area contributed by atoms with Gasteiger partial charge < -0.3 is 5.32 Å². The maximum absolute atomic E-state index is 13.6. The molecule has 0 bridgehead atoms. The van der Waals surface area contributed by atoms with Gasteiger partial charge >= 0.3 is 0 Å². The Bertz CT molecular complexity index is 642. The van der Waals surface area contributed by atoms with Gasteiger partial charge in [0, 0.05) is 6.54 Å². The summed E-state index contributed by atoms with van der Waals surface area (Å²) >= 11 is 0. The molecule has 0 spiro atoms. The monoisotopic (exact) mass is 254 g/mol. The first-order valence-corrected chi connectivity index (χ1v) is 6.10. The van der Waals surface area contributed by atoms with E-state index >= 15 is 0 Å². The molecule has 1 N–H and O–H groups in total. The van der Waals surface area contributed by atoms with Crippen LogP contribution in [-0.4, -0.2) is 0 Å². The predicted octanol–water partition coefficient (Wildman–Crippen LogP) is 3.93. The van der Waals surface area contributed by atoms with Crippen LogP contribution < -0.4 is 5.32 Å². The second kappa shape index (κ2) is 5.53. The van der Waals surface area contributed by atoms with Crippen molar-refractivity contribution in [3.8, 4) is 6.07 Å². The highest BCUT2D eigenvalue weighted by molar-refractivity contribution is 5.48. The van der Waals surface area contributed by atoms with E-state index in [1.54, 1.807) is 18.2 Å². The van der Waals surface area contributed by atoms with Crippen molar-refractivity contribution in [2.75, 3.05) is 5.32 Å². The Kier molecular flexibility index (Phi) is 3.82. The summed E-state index contributed by atoms with van der Waals surface area (Å²) in [6.07, 6.45) is 0. The first kappa shape index (κ1) is 13.1. The normalized spacial score (nSPS) is 10.0. The van der Waals surface area contributed by atoms with E-state index in [1.807, 2.05) is 26.0 Å². The van der Waals surface area contributed by atoms with E-state index in [0.717, 1.165) is 16.7 Å². The number of hydrogen-bond donors (Lipinski definition) is 1. The zero-order valence-electron chi connectivity index (χ0n) is 11.0. The molecule has 0 fully saturated rings. The van der Waals surface area contributed by atoms with E-state index in [4.69, 9.17) is 5.26 Å². The average molecular weight is 254 g/mol. The van der Waals surface area contributed by atoms with Crippen molar-refractivity contribution in [1.29, 1.82) is 5.26 Å². The Morgan fingerprint density at radius 1 is 1.16 bits per heavy atom. The van der Waals surface area contributed by atoms with Crippen LogP contribution in [0.25, 0.3) is 0 Å². The van der Waals surface area contributed by atoms with Gasteiger partial charge in [0.25, 0.3) is 0 Å². The van der Waals surface area contributed by atoms with E-state index in [1.165, 1.54) is 6.07 Å². The molecule has 0 atom stereocenters. The Balaban J connectivity index is 2.15. The van der Waals surface area contributed by atoms with Gasteiger partial charge in [0.05, 0.1) is 17.3 Å². The topological polar surface area (TPSA) is 35.8 Å². The highest BCUT2D eigenvalue weighted by Crippen LogP contribution is 2.18. The summed E-state index contributed by atoms with van der Waals surface area (Å²) in [4.78, 5) is 0. The van der Waals surface area contributed by atoms with Crippen molar-refractivity contribution in [2.24, 2.45) is 0 Å². The second-order valence-corrected chi connectivity index (χ2v) is 4.59. The lowest BCUT2D eigenvalue weighted by Crippen LogP contribution is -2.03. The lowest BCUT2D eigenvalue weighted by Gasteiger charge is -2.10. The van der Waals surface area contributed by atoms with Crippen molar-refractivity contribution < 1.29 is 4.39 Å². The molecule has 0 saturated heterocycles. The molecule has 96 valence electrons. The Hall–Kier alpha value is -2.34. The van der Waals surface area contributed by atoms with Gasteiger partial charge in [-0.1, -0.05) is 12.1 Å². The van der Waals surface area contributed by atoms with Crippen molar-refractivity contribution in [1.82, 2.24) is 0 Å². The SMILES string of the molecule is Cc1ccc(F)c(NCc2ccc(C#N)cc2C)c1. The zero-order valence-corrected chi connectivity index (χ0v) is 11.0. The number of benzene rings is 2. The number of anilines is 1.